The van der Waals surface area contributed by atoms with Crippen LogP contribution >= 0.6 is 0 Å². The van der Waals surface area contributed by atoms with Crippen molar-refractivity contribution in [2.24, 2.45) is 17.0 Å². The summed E-state index contributed by atoms with van der Waals surface area (Å²) in [6.07, 6.45) is 1.81. The Hall–Kier alpha value is -0.570. The molecule has 0 saturated heterocycles. The van der Waals surface area contributed by atoms with Gasteiger partial charge in [0.15, 0.2) is 0 Å². The van der Waals surface area contributed by atoms with Gasteiger partial charge in [-0.25, -0.2) is 0 Å². The average molecular weight is 169 g/mol. The second kappa shape index (κ2) is 2.73. The topological polar surface area (TPSA) is 41.8 Å². The highest BCUT2D eigenvalue weighted by Gasteiger charge is 2.42. The van der Waals surface area contributed by atoms with Gasteiger partial charge in [-0.1, -0.05) is 12.1 Å². The minimum Gasteiger partial charge on any atom is -0.392 e. The van der Waals surface area contributed by atoms with Crippen molar-refractivity contribution in [2.75, 3.05) is 0 Å². The van der Waals surface area contributed by atoms with Crippen LogP contribution in [0.2, 0.25) is 0 Å². The summed E-state index contributed by atoms with van der Waals surface area (Å²) in [5.41, 5.74) is 0.958. The van der Waals surface area contributed by atoms with E-state index in [1.165, 1.54) is 0 Å². The van der Waals surface area contributed by atoms with Crippen molar-refractivity contribution in [3.63, 3.8) is 0 Å². The Morgan fingerprint density at radius 1 is 1.50 bits per heavy atom. The lowest BCUT2D eigenvalue weighted by molar-refractivity contribution is -0.0317. The molecular weight excluding hydrogens is 154 g/mol. The highest BCUT2D eigenvalue weighted by atomic mass is 16.6. The van der Waals surface area contributed by atoms with Gasteiger partial charge in [-0.2, -0.15) is 0 Å². The van der Waals surface area contributed by atoms with E-state index in [9.17, 15) is 5.11 Å². The SMILES string of the molecule is CC1=NO[C@@H]2C[C@@H](C)C[C@@H](O)[C@H]12. The van der Waals surface area contributed by atoms with Crippen LogP contribution in [-0.2, 0) is 4.84 Å². The first-order chi connectivity index (χ1) is 5.68. The van der Waals surface area contributed by atoms with Crippen LogP contribution in [0.1, 0.15) is 26.7 Å². The fraction of sp³-hybridized carbons (Fsp3) is 0.889. The average Bonchev–Trinajstić information content (AvgIpc) is 2.31. The van der Waals surface area contributed by atoms with Crippen molar-refractivity contribution in [2.45, 2.75) is 38.9 Å². The van der Waals surface area contributed by atoms with E-state index in [0.29, 0.717) is 5.92 Å². The van der Waals surface area contributed by atoms with E-state index in [1.807, 2.05) is 6.92 Å². The molecular formula is C9H15NO2. The lowest BCUT2D eigenvalue weighted by Crippen LogP contribution is -2.40. The van der Waals surface area contributed by atoms with Crippen LogP contribution in [0, 0.1) is 11.8 Å². The Morgan fingerprint density at radius 3 is 3.00 bits per heavy atom. The first-order valence-corrected chi connectivity index (χ1v) is 4.57. The number of rotatable bonds is 0. The van der Waals surface area contributed by atoms with E-state index >= 15 is 0 Å². The van der Waals surface area contributed by atoms with Crippen molar-refractivity contribution in [1.82, 2.24) is 0 Å². The maximum absolute atomic E-state index is 9.76. The van der Waals surface area contributed by atoms with Crippen LogP contribution in [0.15, 0.2) is 5.16 Å². The minimum absolute atomic E-state index is 0.142. The van der Waals surface area contributed by atoms with Crippen molar-refractivity contribution >= 4 is 5.71 Å². The van der Waals surface area contributed by atoms with E-state index < -0.39 is 0 Å². The molecule has 68 valence electrons. The molecule has 1 aliphatic heterocycles. The van der Waals surface area contributed by atoms with Crippen LogP contribution in [0.3, 0.4) is 0 Å². The molecule has 0 aromatic heterocycles. The molecule has 0 aromatic rings. The van der Waals surface area contributed by atoms with Gasteiger partial charge in [-0.3, -0.25) is 0 Å². The van der Waals surface area contributed by atoms with Gasteiger partial charge in [0, 0.05) is 0 Å². The summed E-state index contributed by atoms with van der Waals surface area (Å²) < 4.78 is 0. The molecule has 3 nitrogen and oxygen atoms in total. The number of oxime groups is 1. The molecule has 2 rings (SSSR count). The van der Waals surface area contributed by atoms with Crippen molar-refractivity contribution in [3.05, 3.63) is 0 Å². The summed E-state index contributed by atoms with van der Waals surface area (Å²) in [4.78, 5) is 5.24. The van der Waals surface area contributed by atoms with Gasteiger partial charge < -0.3 is 9.94 Å². The van der Waals surface area contributed by atoms with Crippen molar-refractivity contribution in [1.29, 1.82) is 0 Å². The van der Waals surface area contributed by atoms with Crippen LogP contribution in [0.25, 0.3) is 0 Å². The molecule has 1 aliphatic carbocycles. The first-order valence-electron chi connectivity index (χ1n) is 4.57. The lowest BCUT2D eigenvalue weighted by atomic mass is 9.77. The van der Waals surface area contributed by atoms with Crippen LogP contribution in [-0.4, -0.2) is 23.0 Å². The number of aliphatic hydroxyl groups excluding tert-OH is 1. The molecule has 0 spiro atoms. The standard InChI is InChI=1S/C9H15NO2/c1-5-3-7(11)9-6(2)10-12-8(9)4-5/h5,7-9,11H,3-4H2,1-2H3/t5-,7+,8+,9-/m0/s1. The predicted octanol–water partition coefficient (Wildman–Crippen LogP) is 1.17. The van der Waals surface area contributed by atoms with Crippen LogP contribution in [0.4, 0.5) is 0 Å². The molecule has 0 unspecified atom stereocenters. The lowest BCUT2D eigenvalue weighted by Gasteiger charge is -2.32. The normalized spacial score (nSPS) is 46.4. The summed E-state index contributed by atoms with van der Waals surface area (Å²) in [5.74, 6) is 0.726. The molecule has 0 amide bonds. The maximum atomic E-state index is 9.76. The molecule has 1 saturated carbocycles. The Labute approximate surface area is 72.4 Å². The molecule has 2 aliphatic rings. The molecule has 1 heterocycles. The third-order valence-electron chi connectivity index (χ3n) is 2.91. The Bertz CT molecular complexity index is 215. The van der Waals surface area contributed by atoms with Crippen molar-refractivity contribution in [3.8, 4) is 0 Å². The summed E-state index contributed by atoms with van der Waals surface area (Å²) >= 11 is 0. The van der Waals surface area contributed by atoms with Gasteiger partial charge in [-0.15, -0.1) is 0 Å². The van der Waals surface area contributed by atoms with E-state index in [-0.39, 0.29) is 18.1 Å². The van der Waals surface area contributed by atoms with Gasteiger partial charge in [0.25, 0.3) is 0 Å². The molecule has 1 fully saturated rings. The Balaban J connectivity index is 2.13. The number of hydrogen-bond acceptors (Lipinski definition) is 3. The zero-order valence-corrected chi connectivity index (χ0v) is 7.53. The van der Waals surface area contributed by atoms with Crippen molar-refractivity contribution < 1.29 is 9.94 Å². The molecule has 0 aromatic carbocycles. The number of fused-ring (bicyclic) bond motifs is 1. The third kappa shape index (κ3) is 1.12. The molecule has 0 radical (unpaired) electrons. The van der Waals surface area contributed by atoms with Gasteiger partial charge in [0.2, 0.25) is 0 Å². The highest BCUT2D eigenvalue weighted by molar-refractivity contribution is 5.86. The van der Waals surface area contributed by atoms with Gasteiger partial charge in [0.05, 0.1) is 17.7 Å². The minimum atomic E-state index is -0.245. The largest absolute Gasteiger partial charge is 0.392 e. The fourth-order valence-corrected chi connectivity index (χ4v) is 2.31. The number of aliphatic hydroxyl groups is 1. The first kappa shape index (κ1) is 8.05. The fourth-order valence-electron chi connectivity index (χ4n) is 2.31. The molecule has 0 bridgehead atoms. The van der Waals surface area contributed by atoms with E-state index in [2.05, 4.69) is 12.1 Å². The predicted molar refractivity (Wildman–Crippen MR) is 45.9 cm³/mol. The summed E-state index contributed by atoms with van der Waals surface area (Å²) in [6.45, 7) is 4.08. The molecule has 12 heavy (non-hydrogen) atoms. The zero-order chi connectivity index (χ0) is 8.72. The van der Waals surface area contributed by atoms with Gasteiger partial charge in [0.1, 0.15) is 6.10 Å². The molecule has 1 N–H and O–H groups in total. The van der Waals surface area contributed by atoms with E-state index in [1.54, 1.807) is 0 Å². The van der Waals surface area contributed by atoms with E-state index in [0.717, 1.165) is 18.6 Å². The van der Waals surface area contributed by atoms with Crippen LogP contribution in [0.5, 0.6) is 0 Å². The number of hydrogen-bond donors (Lipinski definition) is 1. The monoisotopic (exact) mass is 169 g/mol. The third-order valence-corrected chi connectivity index (χ3v) is 2.91. The maximum Gasteiger partial charge on any atom is 0.138 e. The smallest absolute Gasteiger partial charge is 0.138 e. The van der Waals surface area contributed by atoms with Gasteiger partial charge in [-0.05, 0) is 25.7 Å². The number of nitrogens with zero attached hydrogens (tertiary/aromatic N) is 1. The zero-order valence-electron chi connectivity index (χ0n) is 7.53. The summed E-state index contributed by atoms with van der Waals surface area (Å²) in [7, 11) is 0. The van der Waals surface area contributed by atoms with E-state index in [4.69, 9.17) is 4.84 Å². The van der Waals surface area contributed by atoms with Gasteiger partial charge >= 0.3 is 0 Å². The second-order valence-electron chi connectivity index (χ2n) is 4.05. The summed E-state index contributed by atoms with van der Waals surface area (Å²) in [5, 5.41) is 13.7. The molecule has 4 atom stereocenters. The van der Waals surface area contributed by atoms with Crippen LogP contribution < -0.4 is 0 Å². The molecule has 3 heteroatoms. The highest BCUT2D eigenvalue weighted by Crippen LogP contribution is 2.35. The Morgan fingerprint density at radius 2 is 2.25 bits per heavy atom. The summed E-state index contributed by atoms with van der Waals surface area (Å²) in [6, 6.07) is 0. The second-order valence-corrected chi connectivity index (χ2v) is 4.05. The quantitative estimate of drug-likeness (QED) is 0.591. The Kier molecular flexibility index (Phi) is 1.83.